The molecule has 0 aliphatic rings. The molecular formula is C9H7ClN4. The maximum atomic E-state index is 8.85. The summed E-state index contributed by atoms with van der Waals surface area (Å²) in [6, 6.07) is 3.90. The number of nitrogens with zero attached hydrogens (tertiary/aromatic N) is 3. The molecule has 0 amide bonds. The number of anilines is 1. The van der Waals surface area contributed by atoms with Crippen LogP contribution in [-0.2, 0) is 0 Å². The minimum atomic E-state index is 0.114. The number of hydrogen-bond donors (Lipinski definition) is 1. The fraction of sp³-hybridized carbons (Fsp3) is 0.222. The summed E-state index contributed by atoms with van der Waals surface area (Å²) in [7, 11) is 0. The van der Waals surface area contributed by atoms with Gasteiger partial charge in [-0.3, -0.25) is 0 Å². The van der Waals surface area contributed by atoms with E-state index in [1.807, 2.05) is 12.1 Å². The highest BCUT2D eigenvalue weighted by Gasteiger charge is 2.09. The van der Waals surface area contributed by atoms with Crippen LogP contribution in [-0.4, -0.2) is 11.5 Å². The molecule has 0 bridgehead atoms. The summed E-state index contributed by atoms with van der Waals surface area (Å²) in [5, 5.41) is 20.4. The highest BCUT2D eigenvalue weighted by Crippen LogP contribution is 2.22. The normalized spacial score (nSPS) is 8.86. The van der Waals surface area contributed by atoms with E-state index in [-0.39, 0.29) is 6.54 Å². The Morgan fingerprint density at radius 3 is 2.86 bits per heavy atom. The van der Waals surface area contributed by atoms with Crippen LogP contribution >= 0.6 is 11.6 Å². The first-order valence-corrected chi connectivity index (χ1v) is 4.24. The molecule has 1 N–H and O–H groups in total. The lowest BCUT2D eigenvalue weighted by Crippen LogP contribution is -2.04. The Morgan fingerprint density at radius 2 is 2.29 bits per heavy atom. The van der Waals surface area contributed by atoms with Crippen LogP contribution in [0.3, 0.4) is 0 Å². The molecule has 0 radical (unpaired) electrons. The highest BCUT2D eigenvalue weighted by atomic mass is 35.5. The molecule has 4 nitrogen and oxygen atoms in total. The van der Waals surface area contributed by atoms with E-state index in [1.54, 1.807) is 6.92 Å². The van der Waals surface area contributed by atoms with Gasteiger partial charge in [0.2, 0.25) is 0 Å². The predicted molar refractivity (Wildman–Crippen MR) is 52.8 cm³/mol. The van der Waals surface area contributed by atoms with Crippen LogP contribution < -0.4 is 5.32 Å². The third-order valence-corrected chi connectivity index (χ3v) is 2.10. The van der Waals surface area contributed by atoms with Crippen LogP contribution in [0.4, 0.5) is 5.82 Å². The van der Waals surface area contributed by atoms with Crippen LogP contribution in [0.2, 0.25) is 5.02 Å². The van der Waals surface area contributed by atoms with Gasteiger partial charge < -0.3 is 5.32 Å². The van der Waals surface area contributed by atoms with Crippen molar-refractivity contribution in [3.63, 3.8) is 0 Å². The summed E-state index contributed by atoms with van der Waals surface area (Å²) in [5.74, 6) is 0.399. The summed E-state index contributed by atoms with van der Waals surface area (Å²) in [5.41, 5.74) is 1.05. The van der Waals surface area contributed by atoms with Crippen LogP contribution in [0, 0.1) is 29.6 Å². The van der Waals surface area contributed by atoms with E-state index in [1.165, 1.54) is 6.20 Å². The van der Waals surface area contributed by atoms with Gasteiger partial charge in [-0.15, -0.1) is 0 Å². The second-order valence-corrected chi connectivity index (χ2v) is 2.99. The molecule has 5 heteroatoms. The Labute approximate surface area is 86.7 Å². The third kappa shape index (κ3) is 1.93. The Balaban J connectivity index is 3.14. The first-order valence-electron chi connectivity index (χ1n) is 3.86. The van der Waals surface area contributed by atoms with E-state index in [0.29, 0.717) is 22.0 Å². The Kier molecular flexibility index (Phi) is 3.28. The number of nitriles is 2. The first kappa shape index (κ1) is 10.3. The minimum Gasteiger partial charge on any atom is -0.356 e. The quantitative estimate of drug-likeness (QED) is 0.750. The zero-order valence-electron chi connectivity index (χ0n) is 7.50. The second-order valence-electron chi connectivity index (χ2n) is 2.58. The first-order chi connectivity index (χ1) is 6.70. The molecule has 1 aromatic heterocycles. The second kappa shape index (κ2) is 4.45. The summed E-state index contributed by atoms with van der Waals surface area (Å²) in [4.78, 5) is 3.93. The Hall–Kier alpha value is -1.78. The lowest BCUT2D eigenvalue weighted by molar-refractivity contribution is 1.19. The topological polar surface area (TPSA) is 72.5 Å². The van der Waals surface area contributed by atoms with E-state index >= 15 is 0 Å². The van der Waals surface area contributed by atoms with Crippen molar-refractivity contribution in [2.24, 2.45) is 0 Å². The molecule has 14 heavy (non-hydrogen) atoms. The molecule has 0 spiro atoms. The molecule has 0 aromatic carbocycles. The molecule has 1 heterocycles. The van der Waals surface area contributed by atoms with Gasteiger partial charge in [0.15, 0.2) is 0 Å². The fourth-order valence-electron chi connectivity index (χ4n) is 0.974. The van der Waals surface area contributed by atoms with E-state index in [2.05, 4.69) is 10.3 Å². The third-order valence-electron chi connectivity index (χ3n) is 1.72. The monoisotopic (exact) mass is 206 g/mol. The molecule has 0 saturated carbocycles. The molecule has 0 aliphatic carbocycles. The van der Waals surface area contributed by atoms with Gasteiger partial charge in [0.1, 0.15) is 18.4 Å². The van der Waals surface area contributed by atoms with Crippen LogP contribution in [0.5, 0.6) is 0 Å². The molecular weight excluding hydrogens is 200 g/mol. The Morgan fingerprint density at radius 1 is 1.57 bits per heavy atom. The van der Waals surface area contributed by atoms with Crippen molar-refractivity contribution in [3.8, 4) is 12.1 Å². The maximum absolute atomic E-state index is 8.85. The minimum absolute atomic E-state index is 0.114. The van der Waals surface area contributed by atoms with Crippen molar-refractivity contribution in [1.82, 2.24) is 4.98 Å². The van der Waals surface area contributed by atoms with Gasteiger partial charge in [-0.2, -0.15) is 10.5 Å². The highest BCUT2D eigenvalue weighted by molar-refractivity contribution is 6.31. The predicted octanol–water partition coefficient (Wildman–Crippen LogP) is 1.85. The molecule has 1 rings (SSSR count). The van der Waals surface area contributed by atoms with Gasteiger partial charge in [0.25, 0.3) is 0 Å². The zero-order chi connectivity index (χ0) is 10.6. The van der Waals surface area contributed by atoms with Crippen molar-refractivity contribution in [3.05, 3.63) is 22.3 Å². The lowest BCUT2D eigenvalue weighted by Gasteiger charge is -2.06. The summed E-state index contributed by atoms with van der Waals surface area (Å²) >= 11 is 5.79. The summed E-state index contributed by atoms with van der Waals surface area (Å²) in [6.07, 6.45) is 1.46. The molecule has 0 aliphatic heterocycles. The lowest BCUT2D eigenvalue weighted by atomic mass is 10.1. The molecule has 0 saturated heterocycles. The number of aromatic nitrogens is 1. The van der Waals surface area contributed by atoms with Gasteiger partial charge in [-0.25, -0.2) is 4.98 Å². The van der Waals surface area contributed by atoms with Crippen molar-refractivity contribution in [2.45, 2.75) is 6.92 Å². The number of nitrogens with one attached hydrogen (secondary N) is 1. The van der Waals surface area contributed by atoms with E-state index in [0.717, 1.165) is 0 Å². The van der Waals surface area contributed by atoms with Gasteiger partial charge in [0.05, 0.1) is 16.7 Å². The van der Waals surface area contributed by atoms with Gasteiger partial charge in [-0.05, 0) is 12.5 Å². The maximum Gasteiger partial charge on any atom is 0.145 e. The number of rotatable bonds is 2. The number of halogens is 1. The van der Waals surface area contributed by atoms with Gasteiger partial charge in [0, 0.05) is 6.20 Å². The van der Waals surface area contributed by atoms with Crippen molar-refractivity contribution in [1.29, 1.82) is 10.5 Å². The van der Waals surface area contributed by atoms with Crippen LogP contribution in [0.1, 0.15) is 11.1 Å². The Bertz CT molecular complexity index is 428. The number of hydrogen-bond acceptors (Lipinski definition) is 4. The molecule has 0 fully saturated rings. The summed E-state index contributed by atoms with van der Waals surface area (Å²) < 4.78 is 0. The van der Waals surface area contributed by atoms with E-state index in [9.17, 15) is 0 Å². The molecule has 1 aromatic rings. The van der Waals surface area contributed by atoms with Gasteiger partial charge in [-0.1, -0.05) is 11.6 Å². The average Bonchev–Trinajstić information content (AvgIpc) is 2.20. The standard InChI is InChI=1S/C9H7ClN4/c1-6-7(4-12)9(13-3-2-11)14-5-8(6)10/h5H,3H2,1H3,(H,13,14). The fourth-order valence-corrected chi connectivity index (χ4v) is 1.12. The smallest absolute Gasteiger partial charge is 0.145 e. The largest absolute Gasteiger partial charge is 0.356 e. The van der Waals surface area contributed by atoms with Crippen molar-refractivity contribution < 1.29 is 0 Å². The molecule has 0 atom stereocenters. The van der Waals surface area contributed by atoms with E-state index in [4.69, 9.17) is 22.1 Å². The van der Waals surface area contributed by atoms with Crippen LogP contribution in [0.15, 0.2) is 6.20 Å². The van der Waals surface area contributed by atoms with Crippen molar-refractivity contribution in [2.75, 3.05) is 11.9 Å². The van der Waals surface area contributed by atoms with Crippen LogP contribution in [0.25, 0.3) is 0 Å². The van der Waals surface area contributed by atoms with Gasteiger partial charge >= 0.3 is 0 Å². The molecule has 0 unspecified atom stereocenters. The molecule has 70 valence electrons. The zero-order valence-corrected chi connectivity index (χ0v) is 8.26. The SMILES string of the molecule is Cc1c(Cl)cnc(NCC#N)c1C#N. The van der Waals surface area contributed by atoms with E-state index < -0.39 is 0 Å². The number of pyridine rings is 1. The van der Waals surface area contributed by atoms with Crippen molar-refractivity contribution >= 4 is 17.4 Å². The summed E-state index contributed by atoms with van der Waals surface area (Å²) in [6.45, 7) is 1.85. The average molecular weight is 207 g/mol.